The van der Waals surface area contributed by atoms with Gasteiger partial charge in [0, 0.05) is 48.5 Å². The van der Waals surface area contributed by atoms with Crippen molar-refractivity contribution in [3.8, 4) is 23.1 Å². The van der Waals surface area contributed by atoms with E-state index in [-0.39, 0.29) is 47.7 Å². The van der Waals surface area contributed by atoms with E-state index in [1.54, 1.807) is 74.8 Å². The smallest absolute Gasteiger partial charge is 0.252 e. The third kappa shape index (κ3) is 8.01. The number of nitrogens with one attached hydrogen (secondary N) is 6. The van der Waals surface area contributed by atoms with E-state index >= 15 is 0 Å². The summed E-state index contributed by atoms with van der Waals surface area (Å²) in [6, 6.07) is 26.3. The van der Waals surface area contributed by atoms with Gasteiger partial charge >= 0.3 is 0 Å². The van der Waals surface area contributed by atoms with Crippen LogP contribution in [0.2, 0.25) is 5.02 Å². The monoisotopic (exact) mass is 931 g/mol. The Labute approximate surface area is 392 Å². The number of amides is 2. The van der Waals surface area contributed by atoms with Crippen LogP contribution in [0.1, 0.15) is 57.1 Å². The summed E-state index contributed by atoms with van der Waals surface area (Å²) in [6.07, 6.45) is 4.62. The van der Waals surface area contributed by atoms with Crippen LogP contribution in [-0.2, 0) is 25.7 Å². The molecule has 2 aliphatic rings. The van der Waals surface area contributed by atoms with Crippen LogP contribution in [0.15, 0.2) is 110 Å². The Hall–Kier alpha value is -8.12. The van der Waals surface area contributed by atoms with Crippen LogP contribution in [0.25, 0.3) is 22.1 Å². The molecule has 0 saturated heterocycles. The van der Waals surface area contributed by atoms with E-state index in [0.29, 0.717) is 84.8 Å². The number of H-pyrrole nitrogens is 2. The second kappa shape index (κ2) is 17.3. The van der Waals surface area contributed by atoms with Gasteiger partial charge in [0.2, 0.25) is 5.88 Å². The predicted octanol–water partition coefficient (Wildman–Crippen LogP) is 8.95. The normalized spacial score (nSPS) is 17.4. The van der Waals surface area contributed by atoms with Gasteiger partial charge < -0.3 is 50.2 Å². The molecule has 0 aliphatic carbocycles. The lowest BCUT2D eigenvalue weighted by molar-refractivity contribution is -0.122. The number of anilines is 4. The summed E-state index contributed by atoms with van der Waals surface area (Å²) in [5, 5.41) is 13.6. The molecular weight excluding hydrogens is 890 g/mol. The van der Waals surface area contributed by atoms with Gasteiger partial charge in [-0.05, 0) is 75.4 Å². The number of carbonyl (C=O) groups excluding carboxylic acids is 4. The number of ether oxygens (including phenoxy) is 4. The van der Waals surface area contributed by atoms with Crippen molar-refractivity contribution in [2.45, 2.75) is 38.5 Å². The minimum Gasteiger partial charge on any atom is -0.457 e. The third-order valence-corrected chi connectivity index (χ3v) is 12.1. The van der Waals surface area contributed by atoms with E-state index in [4.69, 9.17) is 35.5 Å². The average molecular weight is 932 g/mol. The maximum Gasteiger partial charge on any atom is 0.252 e. The van der Waals surface area contributed by atoms with E-state index in [0.717, 1.165) is 5.69 Å². The molecule has 342 valence electrons. The maximum absolute atomic E-state index is 14.2. The maximum atomic E-state index is 14.2. The van der Waals surface area contributed by atoms with Crippen molar-refractivity contribution >= 4 is 79.8 Å². The van der Waals surface area contributed by atoms with Crippen LogP contribution in [0.4, 0.5) is 22.7 Å². The van der Waals surface area contributed by atoms with Gasteiger partial charge in [0.15, 0.2) is 11.6 Å². The first kappa shape index (κ1) is 43.8. The largest absolute Gasteiger partial charge is 0.457 e. The fourth-order valence-corrected chi connectivity index (χ4v) is 8.57. The number of fused-ring (bicyclic) bond motifs is 6. The van der Waals surface area contributed by atoms with Crippen LogP contribution in [-0.4, -0.2) is 79.7 Å². The first-order valence-corrected chi connectivity index (χ1v) is 21.8. The Bertz CT molecular complexity index is 3340. The Balaban J connectivity index is 0.910. The number of methoxy groups -OCH3 is 1. The van der Waals surface area contributed by atoms with Crippen LogP contribution in [0.3, 0.4) is 0 Å². The zero-order chi connectivity index (χ0) is 47.3. The number of aromatic nitrogens is 5. The number of halogens is 1. The molecule has 2 aliphatic heterocycles. The van der Waals surface area contributed by atoms with Crippen molar-refractivity contribution in [1.29, 1.82) is 0 Å². The van der Waals surface area contributed by atoms with Crippen LogP contribution < -0.4 is 30.7 Å². The van der Waals surface area contributed by atoms with Gasteiger partial charge in [-0.15, -0.1) is 0 Å². The van der Waals surface area contributed by atoms with Gasteiger partial charge in [-0.25, -0.2) is 15.0 Å². The zero-order valence-corrected chi connectivity index (χ0v) is 37.8. The van der Waals surface area contributed by atoms with Gasteiger partial charge in [-0.3, -0.25) is 19.2 Å². The Morgan fingerprint density at radius 2 is 1.35 bits per heavy atom. The molecule has 10 rings (SSSR count). The molecular formula is C50H42ClN9O8. The lowest BCUT2D eigenvalue weighted by Crippen LogP contribution is -2.54. The number of ketones is 2. The molecule has 8 aromatic rings. The fraction of sp³-hybridized carbons (Fsp3) is 0.180. The van der Waals surface area contributed by atoms with Crippen molar-refractivity contribution in [2.24, 2.45) is 0 Å². The number of pyridine rings is 3. The zero-order valence-electron chi connectivity index (χ0n) is 37.0. The topological polar surface area (TPSA) is 224 Å². The number of rotatable bonds is 14. The van der Waals surface area contributed by atoms with Gasteiger partial charge in [0.05, 0.1) is 81.4 Å². The van der Waals surface area contributed by atoms with Gasteiger partial charge in [-0.1, -0.05) is 35.9 Å². The average Bonchev–Trinajstić information content (AvgIpc) is 3.96. The third-order valence-electron chi connectivity index (χ3n) is 11.8. The minimum atomic E-state index is -1.38. The van der Waals surface area contributed by atoms with E-state index in [2.05, 4.69) is 41.2 Å². The molecule has 17 nitrogen and oxygen atoms in total. The van der Waals surface area contributed by atoms with E-state index < -0.39 is 22.8 Å². The molecule has 2 amide bonds. The number of hydrogen-bond donors (Lipinski definition) is 6. The lowest BCUT2D eigenvalue weighted by atomic mass is 9.95. The van der Waals surface area contributed by atoms with Crippen molar-refractivity contribution < 1.29 is 38.1 Å². The molecule has 3 aromatic carbocycles. The minimum absolute atomic E-state index is 0.0169. The second-order valence-electron chi connectivity index (χ2n) is 16.9. The summed E-state index contributed by atoms with van der Waals surface area (Å²) in [5.74, 6) is 0.538. The molecule has 7 heterocycles. The predicted molar refractivity (Wildman–Crippen MR) is 255 cm³/mol. The van der Waals surface area contributed by atoms with Crippen LogP contribution >= 0.6 is 11.6 Å². The number of benzene rings is 3. The number of aromatic amines is 2. The highest BCUT2D eigenvalue weighted by Crippen LogP contribution is 2.43. The molecule has 68 heavy (non-hydrogen) atoms. The molecule has 0 spiro atoms. The molecule has 5 aromatic heterocycles. The molecule has 18 heteroatoms. The summed E-state index contributed by atoms with van der Waals surface area (Å²) in [5.41, 5.74) is 2.03. The number of carbonyl (C=O) groups is 4. The standard InChI is InChI=1S/C50H42ClN9O8/c1-26-9-8-12-37(55-26)68-30-17-18-31(34(51)19-30)44(62)33-21-52-45-38(33)40-35(22-54-45)57-47(63)50(3,59-40)25-66-23-36-41-42(60-49(2,24-65-4)48(64)58-41)39-32(20-53-46(39)56-36)43(61)27-13-15-29(16-14-27)67-28-10-6-5-7-11-28/h5-22,59-60H,23-25H2,1-4H3,(H,52,54)(H,53,56)(H,57,63)(H,58,64)/t49-,50-/m0/s1. The SMILES string of the molecule is COC[C@]1(C)Nc2c(c(COC[C@]3(C)Nc4c(cnc5[nH]cc(C(=O)c6ccc(Oc7cccc(C)n7)cc6Cl)c45)NC3=O)nc3[nH]cc(C(=O)c4ccc(Oc5ccccc5)cc4)c23)NC1=O. The Morgan fingerprint density at radius 1 is 0.676 bits per heavy atom. The van der Waals surface area contributed by atoms with E-state index in [1.807, 2.05) is 49.4 Å². The lowest BCUT2D eigenvalue weighted by Gasteiger charge is -2.37. The van der Waals surface area contributed by atoms with Crippen LogP contribution in [0, 0.1) is 6.92 Å². The molecule has 0 fully saturated rings. The number of hydrogen-bond acceptors (Lipinski definition) is 13. The highest BCUT2D eigenvalue weighted by Gasteiger charge is 2.42. The summed E-state index contributed by atoms with van der Waals surface area (Å²) in [7, 11) is 1.49. The quantitative estimate of drug-likeness (QED) is 0.0561. The van der Waals surface area contributed by atoms with E-state index in [9.17, 15) is 19.2 Å². The number of aryl methyl sites for hydroxylation is 1. The van der Waals surface area contributed by atoms with Gasteiger partial charge in [0.25, 0.3) is 11.8 Å². The van der Waals surface area contributed by atoms with Crippen molar-refractivity contribution in [1.82, 2.24) is 24.9 Å². The molecule has 0 saturated carbocycles. The summed E-state index contributed by atoms with van der Waals surface area (Å²) < 4.78 is 23.5. The van der Waals surface area contributed by atoms with E-state index in [1.165, 1.54) is 13.3 Å². The number of nitrogens with zero attached hydrogens (tertiary/aromatic N) is 3. The Kier molecular flexibility index (Phi) is 11.1. The number of para-hydroxylation sites is 1. The fourth-order valence-electron chi connectivity index (χ4n) is 8.32. The van der Waals surface area contributed by atoms with Crippen molar-refractivity contribution in [2.75, 3.05) is 41.6 Å². The molecule has 6 N–H and O–H groups in total. The second-order valence-corrected chi connectivity index (χ2v) is 17.3. The van der Waals surface area contributed by atoms with Crippen molar-refractivity contribution in [3.05, 3.63) is 148 Å². The molecule has 0 bridgehead atoms. The summed E-state index contributed by atoms with van der Waals surface area (Å²) in [6.45, 7) is 4.88. The highest BCUT2D eigenvalue weighted by atomic mass is 35.5. The molecule has 0 unspecified atom stereocenters. The highest BCUT2D eigenvalue weighted by molar-refractivity contribution is 6.36. The first-order chi connectivity index (χ1) is 32.8. The summed E-state index contributed by atoms with van der Waals surface area (Å²) in [4.78, 5) is 75.7. The van der Waals surface area contributed by atoms with Gasteiger partial charge in [0.1, 0.15) is 39.6 Å². The first-order valence-electron chi connectivity index (χ1n) is 21.4. The Morgan fingerprint density at radius 3 is 2.10 bits per heavy atom. The van der Waals surface area contributed by atoms with Gasteiger partial charge in [-0.2, -0.15) is 0 Å². The van der Waals surface area contributed by atoms with Crippen molar-refractivity contribution in [3.63, 3.8) is 0 Å². The van der Waals surface area contributed by atoms with Crippen LogP contribution in [0.5, 0.6) is 23.1 Å². The molecule has 0 radical (unpaired) electrons. The molecule has 2 atom stereocenters. The summed E-state index contributed by atoms with van der Waals surface area (Å²) >= 11 is 6.69.